The van der Waals surface area contributed by atoms with Crippen molar-refractivity contribution < 1.29 is 0 Å². The highest BCUT2D eigenvalue weighted by Crippen LogP contribution is 2.04. The largest absolute Gasteiger partial charge is 0.347 e. The second-order valence-corrected chi connectivity index (χ2v) is 2.80. The molecule has 0 aliphatic heterocycles. The molecule has 0 amide bonds. The van der Waals surface area contributed by atoms with E-state index in [0.717, 1.165) is 18.3 Å². The van der Waals surface area contributed by atoms with Crippen molar-refractivity contribution in [2.24, 2.45) is 4.99 Å². The summed E-state index contributed by atoms with van der Waals surface area (Å²) in [7, 11) is 0. The minimum absolute atomic E-state index is 0.734. The van der Waals surface area contributed by atoms with Crippen LogP contribution >= 0.6 is 11.8 Å². The Morgan fingerprint density at radius 3 is 2.83 bits per heavy atom. The summed E-state index contributed by atoms with van der Waals surface area (Å²) in [5.41, 5.74) is 0. The maximum atomic E-state index is 8.38. The van der Waals surface area contributed by atoms with E-state index in [1.807, 2.05) is 18.1 Å². The Hall–Kier alpha value is -0.950. The molecule has 0 aliphatic rings. The number of hydrogen-bond acceptors (Lipinski definition) is 3. The number of thioether (sulfide) groups is 1. The van der Waals surface area contributed by atoms with Gasteiger partial charge in [0.15, 0.2) is 5.17 Å². The van der Waals surface area contributed by atoms with Gasteiger partial charge in [0.25, 0.3) is 0 Å². The monoisotopic (exact) mass is 183 g/mol. The number of nitrogens with zero attached hydrogens (tertiary/aromatic N) is 3. The zero-order valence-corrected chi connectivity index (χ0v) is 8.27. The summed E-state index contributed by atoms with van der Waals surface area (Å²) in [6.07, 6.45) is 5.49. The molecule has 0 saturated heterocycles. The number of hydrogen-bond donors (Lipinski definition) is 0. The van der Waals surface area contributed by atoms with Crippen LogP contribution in [0.4, 0.5) is 0 Å². The maximum Gasteiger partial charge on any atom is 0.208 e. The third-order valence-electron chi connectivity index (χ3n) is 1.33. The highest BCUT2D eigenvalue weighted by atomic mass is 32.2. The smallest absolute Gasteiger partial charge is 0.208 e. The van der Waals surface area contributed by atoms with Gasteiger partial charge in [0.05, 0.1) is 0 Å². The summed E-state index contributed by atoms with van der Waals surface area (Å²) < 4.78 is 0. The fourth-order valence-electron chi connectivity index (χ4n) is 0.787. The molecule has 0 rings (SSSR count). The van der Waals surface area contributed by atoms with Gasteiger partial charge in [-0.3, -0.25) is 0 Å². The van der Waals surface area contributed by atoms with Crippen LogP contribution in [0.2, 0.25) is 0 Å². The van der Waals surface area contributed by atoms with Crippen LogP contribution in [0.15, 0.2) is 17.6 Å². The first-order chi connectivity index (χ1) is 5.79. The summed E-state index contributed by atoms with van der Waals surface area (Å²) in [5.74, 6) is 0. The average molecular weight is 183 g/mol. The first-order valence-corrected chi connectivity index (χ1v) is 4.89. The quantitative estimate of drug-likeness (QED) is 0.289. The fourth-order valence-corrected chi connectivity index (χ4v) is 1.38. The molecule has 0 aromatic carbocycles. The summed E-state index contributed by atoms with van der Waals surface area (Å²) in [4.78, 5) is 5.68. The molecule has 0 saturated carbocycles. The molecule has 0 N–H and O–H groups in total. The Morgan fingerprint density at radius 1 is 1.83 bits per heavy atom. The molecule has 0 atom stereocenters. The van der Waals surface area contributed by atoms with E-state index in [-0.39, 0.29) is 0 Å². The molecule has 12 heavy (non-hydrogen) atoms. The second-order valence-electron chi connectivity index (χ2n) is 2.03. The average Bonchev–Trinajstić information content (AvgIpc) is 2.11. The number of amidine groups is 1. The lowest BCUT2D eigenvalue weighted by molar-refractivity contribution is 0.499. The van der Waals surface area contributed by atoms with E-state index in [1.54, 1.807) is 12.3 Å². The SMILES string of the molecule is C=CCN(CC)C(=NC#N)SC. The van der Waals surface area contributed by atoms with Gasteiger partial charge in [-0.15, -0.1) is 11.6 Å². The molecular formula is C8H13N3S. The van der Waals surface area contributed by atoms with Crippen molar-refractivity contribution in [1.82, 2.24) is 4.90 Å². The normalized spacial score (nSPS) is 10.6. The zero-order chi connectivity index (χ0) is 9.40. The standard InChI is InChI=1S/C8H13N3S/c1-4-6-11(5-2)8(12-3)10-7-9/h4H,1,5-6H2,2-3H3. The van der Waals surface area contributed by atoms with Crippen LogP contribution in [0.1, 0.15) is 6.92 Å². The van der Waals surface area contributed by atoms with Crippen LogP contribution in [0, 0.1) is 11.5 Å². The van der Waals surface area contributed by atoms with Crippen molar-refractivity contribution in [1.29, 1.82) is 5.26 Å². The molecule has 0 heterocycles. The van der Waals surface area contributed by atoms with Gasteiger partial charge in [-0.1, -0.05) is 17.8 Å². The molecule has 0 bridgehead atoms. The zero-order valence-electron chi connectivity index (χ0n) is 7.45. The number of nitriles is 1. The summed E-state index contributed by atoms with van der Waals surface area (Å²) in [5, 5.41) is 9.13. The van der Waals surface area contributed by atoms with Crippen molar-refractivity contribution in [3.8, 4) is 6.19 Å². The summed E-state index contributed by atoms with van der Waals surface area (Å²) in [6.45, 7) is 7.23. The van der Waals surface area contributed by atoms with Crippen LogP contribution in [-0.2, 0) is 0 Å². The predicted octanol–water partition coefficient (Wildman–Crippen LogP) is 1.69. The van der Waals surface area contributed by atoms with Gasteiger partial charge in [-0.2, -0.15) is 5.26 Å². The van der Waals surface area contributed by atoms with E-state index >= 15 is 0 Å². The molecule has 3 nitrogen and oxygen atoms in total. The number of likely N-dealkylation sites (N-methyl/N-ethyl adjacent to an activating group) is 1. The highest BCUT2D eigenvalue weighted by molar-refractivity contribution is 8.13. The third-order valence-corrected chi connectivity index (χ3v) is 2.04. The molecule has 0 radical (unpaired) electrons. The van der Waals surface area contributed by atoms with E-state index in [4.69, 9.17) is 5.26 Å². The van der Waals surface area contributed by atoms with E-state index in [2.05, 4.69) is 11.6 Å². The minimum atomic E-state index is 0.734. The van der Waals surface area contributed by atoms with Gasteiger partial charge in [0.2, 0.25) is 6.19 Å². The van der Waals surface area contributed by atoms with Gasteiger partial charge in [0, 0.05) is 13.1 Å². The Bertz CT molecular complexity index is 205. The molecule has 0 aliphatic carbocycles. The highest BCUT2D eigenvalue weighted by Gasteiger charge is 2.05. The van der Waals surface area contributed by atoms with Crippen LogP contribution in [0.3, 0.4) is 0 Å². The van der Waals surface area contributed by atoms with Crippen LogP contribution in [-0.4, -0.2) is 29.4 Å². The minimum Gasteiger partial charge on any atom is -0.347 e. The van der Waals surface area contributed by atoms with Gasteiger partial charge < -0.3 is 4.90 Å². The first-order valence-electron chi connectivity index (χ1n) is 3.66. The lowest BCUT2D eigenvalue weighted by atomic mass is 10.5. The van der Waals surface area contributed by atoms with Crippen molar-refractivity contribution in [2.75, 3.05) is 19.3 Å². The Kier molecular flexibility index (Phi) is 6.21. The van der Waals surface area contributed by atoms with E-state index < -0.39 is 0 Å². The second kappa shape index (κ2) is 6.74. The lowest BCUT2D eigenvalue weighted by Crippen LogP contribution is -2.28. The van der Waals surface area contributed by atoms with Gasteiger partial charge in [-0.25, -0.2) is 0 Å². The third kappa shape index (κ3) is 3.44. The molecule has 0 aromatic heterocycles. The molecular weight excluding hydrogens is 170 g/mol. The number of rotatable bonds is 3. The van der Waals surface area contributed by atoms with Crippen molar-refractivity contribution in [3.63, 3.8) is 0 Å². The summed E-state index contributed by atoms with van der Waals surface area (Å²) in [6, 6.07) is 0. The van der Waals surface area contributed by atoms with Crippen LogP contribution < -0.4 is 0 Å². The molecule has 0 fully saturated rings. The molecule has 0 unspecified atom stereocenters. The van der Waals surface area contributed by atoms with Crippen LogP contribution in [0.5, 0.6) is 0 Å². The maximum absolute atomic E-state index is 8.38. The van der Waals surface area contributed by atoms with Gasteiger partial charge in [-0.05, 0) is 13.2 Å². The fraction of sp³-hybridized carbons (Fsp3) is 0.500. The lowest BCUT2D eigenvalue weighted by Gasteiger charge is -2.19. The topological polar surface area (TPSA) is 39.4 Å². The van der Waals surface area contributed by atoms with E-state index in [9.17, 15) is 0 Å². The van der Waals surface area contributed by atoms with Gasteiger partial charge >= 0.3 is 0 Å². The molecule has 66 valence electrons. The summed E-state index contributed by atoms with van der Waals surface area (Å²) >= 11 is 1.47. The van der Waals surface area contributed by atoms with Crippen LogP contribution in [0.25, 0.3) is 0 Å². The van der Waals surface area contributed by atoms with Gasteiger partial charge in [0.1, 0.15) is 0 Å². The predicted molar refractivity (Wildman–Crippen MR) is 54.0 cm³/mol. The molecule has 0 spiro atoms. The van der Waals surface area contributed by atoms with Crippen molar-refractivity contribution in [3.05, 3.63) is 12.7 Å². The molecule has 4 heteroatoms. The first kappa shape index (κ1) is 11.1. The van der Waals surface area contributed by atoms with E-state index in [1.165, 1.54) is 11.8 Å². The molecule has 0 aromatic rings. The number of aliphatic imine (C=N–C) groups is 1. The van der Waals surface area contributed by atoms with E-state index in [0.29, 0.717) is 0 Å². The Labute approximate surface area is 77.8 Å². The van der Waals surface area contributed by atoms with Crippen molar-refractivity contribution >= 4 is 16.9 Å². The Morgan fingerprint density at radius 2 is 2.50 bits per heavy atom. The van der Waals surface area contributed by atoms with Crippen molar-refractivity contribution in [2.45, 2.75) is 6.92 Å². The Balaban J connectivity index is 4.34.